The zero-order valence-corrected chi connectivity index (χ0v) is 53.3. The summed E-state index contributed by atoms with van der Waals surface area (Å²) in [6.07, 6.45) is 94.0. The normalized spacial score (nSPS) is 12.8. The van der Waals surface area contributed by atoms with Gasteiger partial charge in [0, 0.05) is 19.3 Å². The lowest BCUT2D eigenvalue weighted by Crippen LogP contribution is -2.30. The Morgan fingerprint density at radius 3 is 0.802 bits per heavy atom. The Hall–Kier alpha value is -3.93. The van der Waals surface area contributed by atoms with E-state index in [1.807, 2.05) is 0 Å². The summed E-state index contributed by atoms with van der Waals surface area (Å²) in [4.78, 5) is 38.3. The molecule has 0 aliphatic rings. The number of unbranched alkanes of at least 4 members (excludes halogenated alkanes) is 33. The van der Waals surface area contributed by atoms with Crippen molar-refractivity contribution in [3.63, 3.8) is 0 Å². The predicted octanol–water partition coefficient (Wildman–Crippen LogP) is 23.8. The fraction of sp³-hybridized carbons (Fsp3) is 0.720. The maximum Gasteiger partial charge on any atom is 0.306 e. The first-order valence-corrected chi connectivity index (χ1v) is 34.4. The van der Waals surface area contributed by atoms with E-state index in [9.17, 15) is 14.4 Å². The zero-order chi connectivity index (χ0) is 58.5. The molecule has 1 unspecified atom stereocenters. The molecular weight excluding hydrogens is 997 g/mol. The highest BCUT2D eigenvalue weighted by atomic mass is 16.6. The van der Waals surface area contributed by atoms with Gasteiger partial charge in [0.2, 0.25) is 0 Å². The van der Waals surface area contributed by atoms with Crippen LogP contribution in [0.15, 0.2) is 109 Å². The van der Waals surface area contributed by atoms with Crippen LogP contribution in [0.2, 0.25) is 0 Å². The number of carbonyl (C=O) groups is 3. The molecule has 0 aromatic heterocycles. The van der Waals surface area contributed by atoms with Gasteiger partial charge in [-0.05, 0) is 122 Å². The van der Waals surface area contributed by atoms with Crippen LogP contribution in [0, 0.1) is 0 Å². The minimum atomic E-state index is -0.790. The lowest BCUT2D eigenvalue weighted by Gasteiger charge is -2.18. The van der Waals surface area contributed by atoms with Gasteiger partial charge in [-0.2, -0.15) is 0 Å². The molecule has 0 bridgehead atoms. The second-order valence-electron chi connectivity index (χ2n) is 22.7. The Bertz CT molecular complexity index is 1620. The van der Waals surface area contributed by atoms with E-state index in [0.29, 0.717) is 19.3 Å². The smallest absolute Gasteiger partial charge is 0.306 e. The molecule has 0 N–H and O–H groups in total. The van der Waals surface area contributed by atoms with Crippen molar-refractivity contribution in [1.82, 2.24) is 0 Å². The topological polar surface area (TPSA) is 78.9 Å². The van der Waals surface area contributed by atoms with Gasteiger partial charge >= 0.3 is 17.9 Å². The molecule has 6 heteroatoms. The van der Waals surface area contributed by atoms with Gasteiger partial charge in [0.05, 0.1) is 0 Å². The summed E-state index contributed by atoms with van der Waals surface area (Å²) in [5.41, 5.74) is 0. The summed E-state index contributed by atoms with van der Waals surface area (Å²) in [7, 11) is 0. The van der Waals surface area contributed by atoms with Gasteiger partial charge in [-0.1, -0.05) is 297 Å². The van der Waals surface area contributed by atoms with Crippen molar-refractivity contribution in [2.24, 2.45) is 0 Å². The number of allylic oxidation sites excluding steroid dienone is 18. The molecule has 0 aliphatic heterocycles. The van der Waals surface area contributed by atoms with Gasteiger partial charge < -0.3 is 14.2 Å². The summed E-state index contributed by atoms with van der Waals surface area (Å²) in [5, 5.41) is 0. The monoisotopic (exact) mass is 1120 g/mol. The molecule has 0 heterocycles. The highest BCUT2D eigenvalue weighted by Gasteiger charge is 2.19. The van der Waals surface area contributed by atoms with Gasteiger partial charge in [0.15, 0.2) is 6.10 Å². The molecule has 6 nitrogen and oxygen atoms in total. The van der Waals surface area contributed by atoms with Crippen LogP contribution in [0.4, 0.5) is 0 Å². The van der Waals surface area contributed by atoms with Crippen LogP contribution in [-0.4, -0.2) is 37.2 Å². The maximum absolute atomic E-state index is 12.9. The Balaban J connectivity index is 4.25. The lowest BCUT2D eigenvalue weighted by molar-refractivity contribution is -0.167. The molecule has 0 saturated heterocycles. The van der Waals surface area contributed by atoms with E-state index in [0.717, 1.165) is 116 Å². The average molecular weight is 1130 g/mol. The summed E-state index contributed by atoms with van der Waals surface area (Å²) in [6, 6.07) is 0. The third-order valence-electron chi connectivity index (χ3n) is 14.7. The van der Waals surface area contributed by atoms with Gasteiger partial charge in [-0.25, -0.2) is 0 Å². The second kappa shape index (κ2) is 68.6. The summed E-state index contributed by atoms with van der Waals surface area (Å²) in [5.74, 6) is -0.898. The van der Waals surface area contributed by atoms with Gasteiger partial charge in [0.1, 0.15) is 13.2 Å². The number of hydrogen-bond donors (Lipinski definition) is 0. The molecule has 0 fully saturated rings. The minimum Gasteiger partial charge on any atom is -0.462 e. The van der Waals surface area contributed by atoms with E-state index in [-0.39, 0.29) is 31.1 Å². The fourth-order valence-electron chi connectivity index (χ4n) is 9.58. The largest absolute Gasteiger partial charge is 0.462 e. The van der Waals surface area contributed by atoms with E-state index < -0.39 is 6.10 Å². The first-order chi connectivity index (χ1) is 40.0. The van der Waals surface area contributed by atoms with Crippen LogP contribution in [0.1, 0.15) is 329 Å². The van der Waals surface area contributed by atoms with Crippen molar-refractivity contribution in [3.05, 3.63) is 109 Å². The summed E-state index contributed by atoms with van der Waals surface area (Å²) >= 11 is 0. The van der Waals surface area contributed by atoms with E-state index >= 15 is 0 Å². The molecule has 81 heavy (non-hydrogen) atoms. The van der Waals surface area contributed by atoms with Gasteiger partial charge in [-0.15, -0.1) is 0 Å². The molecular formula is C75H128O6. The summed E-state index contributed by atoms with van der Waals surface area (Å²) in [6.45, 7) is 6.49. The standard InChI is InChI=1S/C75H128O6/c1-4-7-10-13-16-19-22-24-26-28-30-32-34-35-36-37-38-39-41-42-44-46-48-50-53-56-59-62-65-68-74(77)80-71-72(70-79-73(76)67-64-61-58-55-52-21-18-15-12-9-6-3)81-75(78)69-66-63-60-57-54-51-49-47-45-43-40-33-31-29-27-25-23-20-17-14-11-8-5-2/h8,11,15,17-18,20,22,24-25,27-28,30-31,33-35,43,45,72H,4-7,9-10,12-14,16,19,21,23,26,29,32,36-42,44,46-71H2,1-3H3/b11-8-,18-15-,20-17-,24-22-,27-25-,30-28-,33-31-,35-34-,45-43-. The van der Waals surface area contributed by atoms with Crippen molar-refractivity contribution in [2.45, 2.75) is 335 Å². The van der Waals surface area contributed by atoms with E-state index in [2.05, 4.69) is 130 Å². The zero-order valence-electron chi connectivity index (χ0n) is 53.3. The van der Waals surface area contributed by atoms with Crippen molar-refractivity contribution in [1.29, 1.82) is 0 Å². The second-order valence-corrected chi connectivity index (χ2v) is 22.7. The molecule has 0 spiro atoms. The third-order valence-corrected chi connectivity index (χ3v) is 14.7. The molecule has 0 aromatic carbocycles. The maximum atomic E-state index is 12.9. The predicted molar refractivity (Wildman–Crippen MR) is 353 cm³/mol. The van der Waals surface area contributed by atoms with Crippen molar-refractivity contribution < 1.29 is 28.6 Å². The van der Waals surface area contributed by atoms with Crippen LogP contribution in [-0.2, 0) is 28.6 Å². The Morgan fingerprint density at radius 1 is 0.259 bits per heavy atom. The highest BCUT2D eigenvalue weighted by Crippen LogP contribution is 2.16. The Morgan fingerprint density at radius 2 is 0.494 bits per heavy atom. The van der Waals surface area contributed by atoms with Crippen molar-refractivity contribution >= 4 is 17.9 Å². The van der Waals surface area contributed by atoms with Crippen molar-refractivity contribution in [3.8, 4) is 0 Å². The lowest BCUT2D eigenvalue weighted by atomic mass is 10.0. The molecule has 0 radical (unpaired) electrons. The first kappa shape index (κ1) is 77.1. The van der Waals surface area contributed by atoms with Crippen LogP contribution < -0.4 is 0 Å². The Labute approximate surface area is 501 Å². The average Bonchev–Trinajstić information content (AvgIpc) is 3.47. The van der Waals surface area contributed by atoms with Crippen LogP contribution in [0.25, 0.3) is 0 Å². The number of hydrogen-bond acceptors (Lipinski definition) is 6. The number of rotatable bonds is 62. The van der Waals surface area contributed by atoms with Crippen LogP contribution >= 0.6 is 0 Å². The van der Waals surface area contributed by atoms with Gasteiger partial charge in [0.25, 0.3) is 0 Å². The van der Waals surface area contributed by atoms with Crippen LogP contribution in [0.5, 0.6) is 0 Å². The first-order valence-electron chi connectivity index (χ1n) is 34.4. The fourth-order valence-corrected chi connectivity index (χ4v) is 9.58. The van der Waals surface area contributed by atoms with Gasteiger partial charge in [-0.3, -0.25) is 14.4 Å². The van der Waals surface area contributed by atoms with E-state index in [4.69, 9.17) is 14.2 Å². The highest BCUT2D eigenvalue weighted by molar-refractivity contribution is 5.71. The molecule has 0 amide bonds. The molecule has 1 atom stereocenters. The quantitative estimate of drug-likeness (QED) is 0.0261. The van der Waals surface area contributed by atoms with E-state index in [1.54, 1.807) is 0 Å². The number of ether oxygens (including phenoxy) is 3. The number of carbonyl (C=O) groups excluding carboxylic acids is 3. The molecule has 0 rings (SSSR count). The summed E-state index contributed by atoms with van der Waals surface area (Å²) < 4.78 is 16.9. The Kier molecular flexibility index (Phi) is 65.2. The SMILES string of the molecule is CC/C=C\C/C=C\C/C=C\C/C=C\C/C=C\CCCCCCCCCC(=O)OC(COC(=O)CCCCCCC/C=C\CCCC)COC(=O)CCCCCCCCCCCCCCCC/C=C\C/C=C\C/C=C\CCCCCCC. The third kappa shape index (κ3) is 66.8. The van der Waals surface area contributed by atoms with E-state index in [1.165, 1.54) is 173 Å². The van der Waals surface area contributed by atoms with Crippen molar-refractivity contribution in [2.75, 3.05) is 13.2 Å². The molecule has 0 saturated carbocycles. The molecule has 464 valence electrons. The minimum absolute atomic E-state index is 0.0851. The molecule has 0 aliphatic carbocycles. The number of esters is 3. The molecule has 0 aromatic rings. The van der Waals surface area contributed by atoms with Crippen LogP contribution in [0.3, 0.4) is 0 Å².